The summed E-state index contributed by atoms with van der Waals surface area (Å²) in [4.78, 5) is 16.3. The van der Waals surface area contributed by atoms with Gasteiger partial charge in [-0.3, -0.25) is 9.69 Å². The van der Waals surface area contributed by atoms with Crippen molar-refractivity contribution in [3.8, 4) is 0 Å². The Hall–Kier alpha value is -1.80. The van der Waals surface area contributed by atoms with Gasteiger partial charge < -0.3 is 15.0 Å². The zero-order valence-electron chi connectivity index (χ0n) is 16.9. The summed E-state index contributed by atoms with van der Waals surface area (Å²) in [5.74, 6) is 0.122. The van der Waals surface area contributed by atoms with Crippen LogP contribution in [0, 0.1) is 5.92 Å². The topological polar surface area (TPSA) is 44.8 Å². The quantitative estimate of drug-likeness (QED) is 0.632. The first-order valence-electron chi connectivity index (χ1n) is 10.4. The average molecular weight is 413 g/mol. The van der Waals surface area contributed by atoms with Crippen molar-refractivity contribution in [3.05, 3.63) is 29.8 Å². The van der Waals surface area contributed by atoms with Crippen molar-refractivity contribution < 1.29 is 22.7 Å². The largest absolute Gasteiger partial charge is 0.416 e. The summed E-state index contributed by atoms with van der Waals surface area (Å²) < 4.78 is 44.1. The van der Waals surface area contributed by atoms with Crippen LogP contribution in [0.1, 0.15) is 31.7 Å². The molecule has 1 saturated carbocycles. The summed E-state index contributed by atoms with van der Waals surface area (Å²) in [7, 11) is 0. The highest BCUT2D eigenvalue weighted by molar-refractivity contribution is 5.82. The molecule has 1 amide bonds. The van der Waals surface area contributed by atoms with Crippen LogP contribution >= 0.6 is 0 Å². The second-order valence-electron chi connectivity index (χ2n) is 7.71. The first-order chi connectivity index (χ1) is 13.9. The van der Waals surface area contributed by atoms with Gasteiger partial charge in [0.1, 0.15) is 0 Å². The molecule has 0 bridgehead atoms. The van der Waals surface area contributed by atoms with E-state index < -0.39 is 11.7 Å². The number of halogens is 3. The van der Waals surface area contributed by atoms with E-state index in [2.05, 4.69) is 10.2 Å². The molecule has 1 aliphatic heterocycles. The maximum Gasteiger partial charge on any atom is 0.416 e. The number of benzene rings is 1. The molecule has 2 aliphatic rings. The standard InChI is InChI=1S/C21H30F3N3O2/c1-2-29-19-15-18(19)20(28)25-8-3-4-9-26-10-12-27(13-11-26)17-7-5-6-16(14-17)21(22,23)24/h5-7,14,18-19H,2-4,8-13,15H2,1H3,(H,25,28). The van der Waals surface area contributed by atoms with Crippen LogP contribution in [-0.2, 0) is 15.7 Å². The lowest BCUT2D eigenvalue weighted by Crippen LogP contribution is -2.46. The van der Waals surface area contributed by atoms with Crippen molar-refractivity contribution in [2.75, 3.05) is 50.8 Å². The van der Waals surface area contributed by atoms with E-state index in [9.17, 15) is 18.0 Å². The Morgan fingerprint density at radius 3 is 2.66 bits per heavy atom. The fourth-order valence-corrected chi connectivity index (χ4v) is 3.76. The van der Waals surface area contributed by atoms with Gasteiger partial charge in [0, 0.05) is 45.0 Å². The fraction of sp³-hybridized carbons (Fsp3) is 0.667. The van der Waals surface area contributed by atoms with Crippen molar-refractivity contribution >= 4 is 11.6 Å². The Bertz CT molecular complexity index is 675. The van der Waals surface area contributed by atoms with Crippen LogP contribution in [0.25, 0.3) is 0 Å². The van der Waals surface area contributed by atoms with E-state index >= 15 is 0 Å². The number of ether oxygens (including phenoxy) is 1. The highest BCUT2D eigenvalue weighted by Crippen LogP contribution is 2.34. The molecule has 1 aromatic carbocycles. The molecule has 1 aromatic rings. The molecule has 2 unspecified atom stereocenters. The number of unbranched alkanes of at least 4 members (excludes halogenated alkanes) is 1. The third-order valence-electron chi connectivity index (χ3n) is 5.56. The minimum atomic E-state index is -4.31. The Morgan fingerprint density at radius 1 is 1.21 bits per heavy atom. The fourth-order valence-electron chi connectivity index (χ4n) is 3.76. The van der Waals surface area contributed by atoms with Crippen LogP contribution in [0.5, 0.6) is 0 Å². The number of piperazine rings is 1. The van der Waals surface area contributed by atoms with E-state index in [0.717, 1.165) is 58.1 Å². The molecular formula is C21H30F3N3O2. The Morgan fingerprint density at radius 2 is 1.97 bits per heavy atom. The summed E-state index contributed by atoms with van der Waals surface area (Å²) in [6.45, 7) is 7.32. The minimum Gasteiger partial charge on any atom is -0.378 e. The first kappa shape index (κ1) is 21.9. The summed E-state index contributed by atoms with van der Waals surface area (Å²) in [6, 6.07) is 5.55. The van der Waals surface area contributed by atoms with E-state index in [1.54, 1.807) is 6.07 Å². The van der Waals surface area contributed by atoms with Crippen LogP contribution in [-0.4, -0.2) is 62.8 Å². The molecule has 0 aromatic heterocycles. The molecule has 8 heteroatoms. The minimum absolute atomic E-state index is 0.0267. The van der Waals surface area contributed by atoms with E-state index in [1.165, 1.54) is 12.1 Å². The van der Waals surface area contributed by atoms with Gasteiger partial charge in [-0.1, -0.05) is 6.07 Å². The van der Waals surface area contributed by atoms with Gasteiger partial charge in [-0.2, -0.15) is 13.2 Å². The summed E-state index contributed by atoms with van der Waals surface area (Å²) in [5.41, 5.74) is 0.0332. The lowest BCUT2D eigenvalue weighted by Gasteiger charge is -2.36. The molecule has 1 aliphatic carbocycles. The molecular weight excluding hydrogens is 383 g/mol. The molecule has 2 atom stereocenters. The van der Waals surface area contributed by atoms with Gasteiger partial charge in [0.2, 0.25) is 5.91 Å². The number of nitrogens with zero attached hydrogens (tertiary/aromatic N) is 2. The average Bonchev–Trinajstić information content (AvgIpc) is 3.47. The molecule has 1 N–H and O–H groups in total. The van der Waals surface area contributed by atoms with Gasteiger partial charge in [0.05, 0.1) is 17.6 Å². The molecule has 1 saturated heterocycles. The normalized spacial score (nSPS) is 22.6. The zero-order chi connectivity index (χ0) is 20.9. The number of carbonyl (C=O) groups is 1. The van der Waals surface area contributed by atoms with Crippen LogP contribution < -0.4 is 10.2 Å². The lowest BCUT2D eigenvalue weighted by molar-refractivity contribution is -0.137. The van der Waals surface area contributed by atoms with Crippen molar-refractivity contribution in [1.29, 1.82) is 0 Å². The molecule has 1 heterocycles. The second-order valence-corrected chi connectivity index (χ2v) is 7.71. The molecule has 5 nitrogen and oxygen atoms in total. The predicted octanol–water partition coefficient (Wildman–Crippen LogP) is 3.15. The van der Waals surface area contributed by atoms with Crippen molar-refractivity contribution in [2.45, 2.75) is 38.5 Å². The van der Waals surface area contributed by atoms with E-state index in [4.69, 9.17) is 4.74 Å². The molecule has 3 rings (SSSR count). The lowest BCUT2D eigenvalue weighted by atomic mass is 10.1. The monoisotopic (exact) mass is 413 g/mol. The molecule has 29 heavy (non-hydrogen) atoms. The Kier molecular flexibility index (Phi) is 7.40. The van der Waals surface area contributed by atoms with Crippen LogP contribution in [0.2, 0.25) is 0 Å². The van der Waals surface area contributed by atoms with Crippen LogP contribution in [0.3, 0.4) is 0 Å². The second kappa shape index (κ2) is 9.80. The van der Waals surface area contributed by atoms with E-state index in [1.807, 2.05) is 11.8 Å². The molecule has 0 radical (unpaired) electrons. The smallest absolute Gasteiger partial charge is 0.378 e. The van der Waals surface area contributed by atoms with Crippen molar-refractivity contribution in [3.63, 3.8) is 0 Å². The number of amides is 1. The number of nitrogens with one attached hydrogen (secondary N) is 1. The highest BCUT2D eigenvalue weighted by Gasteiger charge is 2.43. The number of hydrogen-bond acceptors (Lipinski definition) is 4. The molecule has 2 fully saturated rings. The van der Waals surface area contributed by atoms with Gasteiger partial charge >= 0.3 is 6.18 Å². The van der Waals surface area contributed by atoms with Crippen LogP contribution in [0.15, 0.2) is 24.3 Å². The zero-order valence-corrected chi connectivity index (χ0v) is 16.9. The maximum atomic E-state index is 12.9. The van der Waals surface area contributed by atoms with Gasteiger partial charge in [-0.15, -0.1) is 0 Å². The first-order valence-corrected chi connectivity index (χ1v) is 10.4. The van der Waals surface area contributed by atoms with Gasteiger partial charge in [-0.05, 0) is 50.9 Å². The van der Waals surface area contributed by atoms with Crippen molar-refractivity contribution in [1.82, 2.24) is 10.2 Å². The third-order valence-corrected chi connectivity index (χ3v) is 5.56. The van der Waals surface area contributed by atoms with E-state index in [0.29, 0.717) is 18.8 Å². The SMILES string of the molecule is CCOC1CC1C(=O)NCCCCN1CCN(c2cccc(C(F)(F)F)c2)CC1. The van der Waals surface area contributed by atoms with E-state index in [-0.39, 0.29) is 17.9 Å². The molecule has 0 spiro atoms. The maximum absolute atomic E-state index is 12.9. The summed E-state index contributed by atoms with van der Waals surface area (Å²) >= 11 is 0. The summed E-state index contributed by atoms with van der Waals surface area (Å²) in [5, 5.41) is 2.98. The van der Waals surface area contributed by atoms with Crippen LogP contribution in [0.4, 0.5) is 18.9 Å². The third kappa shape index (κ3) is 6.34. The Balaban J connectivity index is 1.30. The Labute approximate surface area is 170 Å². The number of rotatable bonds is 9. The number of alkyl halides is 3. The molecule has 162 valence electrons. The summed E-state index contributed by atoms with van der Waals surface area (Å²) in [6.07, 6.45) is -1.46. The number of hydrogen-bond donors (Lipinski definition) is 1. The van der Waals surface area contributed by atoms with Gasteiger partial charge in [-0.25, -0.2) is 0 Å². The van der Waals surface area contributed by atoms with Gasteiger partial charge in [0.15, 0.2) is 0 Å². The number of anilines is 1. The van der Waals surface area contributed by atoms with Crippen molar-refractivity contribution in [2.24, 2.45) is 5.92 Å². The number of carbonyl (C=O) groups excluding carboxylic acids is 1. The predicted molar refractivity (Wildman–Crippen MR) is 106 cm³/mol. The van der Waals surface area contributed by atoms with Gasteiger partial charge in [0.25, 0.3) is 0 Å². The highest BCUT2D eigenvalue weighted by atomic mass is 19.4.